The molecule has 0 saturated carbocycles. The minimum absolute atomic E-state index is 0.523. The fraction of sp³-hybridized carbons (Fsp3) is 0.0909. The summed E-state index contributed by atoms with van der Waals surface area (Å²) in [5.41, 5.74) is 1.22. The van der Waals surface area contributed by atoms with E-state index >= 15 is 0 Å². The van der Waals surface area contributed by atoms with E-state index in [1.165, 1.54) is 15.2 Å². The van der Waals surface area contributed by atoms with Crippen LogP contribution in [0.3, 0.4) is 0 Å². The first kappa shape index (κ1) is 7.43. The summed E-state index contributed by atoms with van der Waals surface area (Å²) in [5, 5.41) is 1.31. The fourth-order valence-electron chi connectivity index (χ4n) is 1.63. The molecule has 1 nitrogen and oxygen atoms in total. The van der Waals surface area contributed by atoms with Crippen molar-refractivity contribution in [2.24, 2.45) is 0 Å². The van der Waals surface area contributed by atoms with Crippen LogP contribution in [0, 0.1) is 0 Å². The van der Waals surface area contributed by atoms with Crippen molar-refractivity contribution in [1.29, 1.82) is 0 Å². The molecule has 64 valence electrons. The molecule has 0 saturated heterocycles. The molecule has 2 heteroatoms. The third-order valence-electron chi connectivity index (χ3n) is 2.24. The zero-order valence-electron chi connectivity index (χ0n) is 6.99. The van der Waals surface area contributed by atoms with Crippen LogP contribution < -0.4 is 4.74 Å². The van der Waals surface area contributed by atoms with Crippen LogP contribution >= 0.6 is 0 Å². The number of benzene rings is 1. The topological polar surface area (TPSA) is 9.23 Å². The first-order valence-corrected chi connectivity index (χ1v) is 6.09. The molecule has 3 rings (SSSR count). The summed E-state index contributed by atoms with van der Waals surface area (Å²) < 4.78 is 7.08. The van der Waals surface area contributed by atoms with Gasteiger partial charge in [0.1, 0.15) is 0 Å². The van der Waals surface area contributed by atoms with Gasteiger partial charge in [0.15, 0.2) is 0 Å². The Hall–Kier alpha value is -0.981. The first-order valence-electron chi connectivity index (χ1n) is 4.25. The second-order valence-electron chi connectivity index (χ2n) is 3.03. The van der Waals surface area contributed by atoms with Crippen molar-refractivity contribution in [2.75, 3.05) is 6.61 Å². The maximum absolute atomic E-state index is 5.64. The summed E-state index contributed by atoms with van der Waals surface area (Å²) in [6.45, 7) is 0.713. The number of hydrogen-bond donors (Lipinski definition) is 0. The SMILES string of the molecule is C1=Cc2ccc3[se]ccc3c2OC1. The van der Waals surface area contributed by atoms with Gasteiger partial charge in [-0.05, 0) is 0 Å². The molecule has 1 aromatic heterocycles. The molecule has 0 fully saturated rings. The van der Waals surface area contributed by atoms with E-state index < -0.39 is 0 Å². The molecular formula is C11H8OSe. The van der Waals surface area contributed by atoms with Gasteiger partial charge < -0.3 is 0 Å². The van der Waals surface area contributed by atoms with E-state index in [1.54, 1.807) is 0 Å². The Bertz CT molecular complexity index is 482. The average Bonchev–Trinajstić information content (AvgIpc) is 2.65. The van der Waals surface area contributed by atoms with E-state index in [4.69, 9.17) is 4.74 Å². The molecular weight excluding hydrogens is 227 g/mol. The van der Waals surface area contributed by atoms with Gasteiger partial charge in [-0.25, -0.2) is 0 Å². The van der Waals surface area contributed by atoms with Gasteiger partial charge in [-0.3, -0.25) is 0 Å². The second kappa shape index (κ2) is 2.76. The average molecular weight is 235 g/mol. The molecule has 0 radical (unpaired) electrons. The Kier molecular flexibility index (Phi) is 1.58. The van der Waals surface area contributed by atoms with Crippen LogP contribution in [0.15, 0.2) is 29.2 Å². The third kappa shape index (κ3) is 1.06. The van der Waals surface area contributed by atoms with Crippen LogP contribution in [0.4, 0.5) is 0 Å². The first-order chi connectivity index (χ1) is 6.45. The molecule has 0 bridgehead atoms. The van der Waals surface area contributed by atoms with E-state index in [0.29, 0.717) is 21.1 Å². The fourth-order valence-corrected chi connectivity index (χ4v) is 3.28. The third-order valence-corrected chi connectivity index (χ3v) is 4.09. The molecule has 0 unspecified atom stereocenters. The Labute approximate surface area is 82.4 Å². The van der Waals surface area contributed by atoms with Crippen molar-refractivity contribution in [3.8, 4) is 5.75 Å². The van der Waals surface area contributed by atoms with Gasteiger partial charge in [-0.1, -0.05) is 0 Å². The van der Waals surface area contributed by atoms with E-state index in [1.807, 2.05) is 0 Å². The van der Waals surface area contributed by atoms with Crippen molar-refractivity contribution in [3.05, 3.63) is 34.8 Å². The van der Waals surface area contributed by atoms with Crippen LogP contribution in [0.2, 0.25) is 0 Å². The monoisotopic (exact) mass is 236 g/mol. The summed E-state index contributed by atoms with van der Waals surface area (Å²) in [6.07, 6.45) is 4.19. The molecule has 0 atom stereocenters. The molecule has 1 aliphatic rings. The zero-order valence-corrected chi connectivity index (χ0v) is 8.70. The number of ether oxygens (including phenoxy) is 1. The zero-order chi connectivity index (χ0) is 8.67. The quantitative estimate of drug-likeness (QED) is 0.636. The molecule has 1 aromatic carbocycles. The van der Waals surface area contributed by atoms with Gasteiger partial charge in [0, 0.05) is 0 Å². The molecule has 0 amide bonds. The van der Waals surface area contributed by atoms with Crippen molar-refractivity contribution in [1.82, 2.24) is 0 Å². The molecule has 0 aliphatic carbocycles. The summed E-state index contributed by atoms with van der Waals surface area (Å²) in [7, 11) is 0. The van der Waals surface area contributed by atoms with Crippen molar-refractivity contribution < 1.29 is 4.74 Å². The molecule has 13 heavy (non-hydrogen) atoms. The van der Waals surface area contributed by atoms with Crippen LogP contribution in [0.1, 0.15) is 5.56 Å². The Morgan fingerprint density at radius 1 is 1.23 bits per heavy atom. The summed E-state index contributed by atoms with van der Waals surface area (Å²) in [4.78, 5) is 2.25. The standard InChI is InChI=1S/C11H8OSe/c1-2-8-3-4-10-9(5-7-13-10)11(8)12-6-1/h1-5,7H,6H2. The summed E-state index contributed by atoms with van der Waals surface area (Å²) in [5.74, 6) is 1.08. The van der Waals surface area contributed by atoms with Crippen LogP contribution in [0.5, 0.6) is 5.75 Å². The maximum atomic E-state index is 5.64. The van der Waals surface area contributed by atoms with Crippen LogP contribution in [-0.4, -0.2) is 21.1 Å². The Balaban J connectivity index is 2.42. The summed E-state index contributed by atoms with van der Waals surface area (Å²) >= 11 is 0.523. The number of fused-ring (bicyclic) bond motifs is 3. The normalized spacial score (nSPS) is 14.2. The predicted octanol–water partition coefficient (Wildman–Crippen LogP) is 2.30. The van der Waals surface area contributed by atoms with Gasteiger partial charge in [0.05, 0.1) is 0 Å². The van der Waals surface area contributed by atoms with Crippen molar-refractivity contribution >= 4 is 30.2 Å². The van der Waals surface area contributed by atoms with E-state index in [0.717, 1.165) is 5.75 Å². The van der Waals surface area contributed by atoms with Crippen molar-refractivity contribution in [2.45, 2.75) is 0 Å². The summed E-state index contributed by atoms with van der Waals surface area (Å²) in [6, 6.07) is 6.55. The van der Waals surface area contributed by atoms with E-state index in [9.17, 15) is 0 Å². The molecule has 2 heterocycles. The van der Waals surface area contributed by atoms with E-state index in [-0.39, 0.29) is 0 Å². The van der Waals surface area contributed by atoms with Crippen molar-refractivity contribution in [3.63, 3.8) is 0 Å². The Morgan fingerprint density at radius 2 is 2.23 bits per heavy atom. The molecule has 0 N–H and O–H groups in total. The van der Waals surface area contributed by atoms with Gasteiger partial charge in [0.25, 0.3) is 0 Å². The number of hydrogen-bond acceptors (Lipinski definition) is 1. The number of rotatable bonds is 0. The van der Waals surface area contributed by atoms with Gasteiger partial charge in [-0.2, -0.15) is 0 Å². The van der Waals surface area contributed by atoms with Gasteiger partial charge in [-0.15, -0.1) is 0 Å². The van der Waals surface area contributed by atoms with Crippen LogP contribution in [-0.2, 0) is 0 Å². The Morgan fingerprint density at radius 3 is 3.23 bits per heavy atom. The minimum atomic E-state index is 0.523. The van der Waals surface area contributed by atoms with Crippen LogP contribution in [0.25, 0.3) is 15.7 Å². The predicted molar refractivity (Wildman–Crippen MR) is 55.4 cm³/mol. The van der Waals surface area contributed by atoms with Gasteiger partial charge in [0.2, 0.25) is 0 Å². The molecule has 0 spiro atoms. The molecule has 2 aromatic rings. The van der Waals surface area contributed by atoms with E-state index in [2.05, 4.69) is 35.3 Å². The second-order valence-corrected chi connectivity index (χ2v) is 5.02. The van der Waals surface area contributed by atoms with Gasteiger partial charge >= 0.3 is 82.1 Å². The molecule has 1 aliphatic heterocycles.